The van der Waals surface area contributed by atoms with Gasteiger partial charge in [-0.3, -0.25) is 4.98 Å². The third-order valence-electron chi connectivity index (χ3n) is 4.36. The van der Waals surface area contributed by atoms with Crippen molar-refractivity contribution in [3.05, 3.63) is 42.1 Å². The van der Waals surface area contributed by atoms with Gasteiger partial charge in [0.1, 0.15) is 0 Å². The molecule has 1 aromatic heterocycles. The normalized spacial score (nSPS) is 28.4. The first-order valence-corrected chi connectivity index (χ1v) is 6.78. The highest BCUT2D eigenvalue weighted by Crippen LogP contribution is 2.41. The van der Waals surface area contributed by atoms with E-state index in [0.717, 1.165) is 35.7 Å². The quantitative estimate of drug-likeness (QED) is 0.827. The van der Waals surface area contributed by atoms with Gasteiger partial charge in [-0.15, -0.1) is 0 Å². The maximum absolute atomic E-state index is 11.0. The summed E-state index contributed by atoms with van der Waals surface area (Å²) >= 11 is 0. The van der Waals surface area contributed by atoms with Crippen LogP contribution in [0.3, 0.4) is 0 Å². The van der Waals surface area contributed by atoms with E-state index in [4.69, 9.17) is 0 Å². The number of nitrogens with zero attached hydrogens (tertiary/aromatic N) is 1. The molecule has 2 unspecified atom stereocenters. The van der Waals surface area contributed by atoms with E-state index in [9.17, 15) is 5.11 Å². The van der Waals surface area contributed by atoms with Crippen LogP contribution in [0.1, 0.15) is 38.2 Å². The molecule has 1 aromatic carbocycles. The van der Waals surface area contributed by atoms with Crippen molar-refractivity contribution in [1.29, 1.82) is 0 Å². The van der Waals surface area contributed by atoms with Crippen LogP contribution >= 0.6 is 0 Å². The minimum atomic E-state index is -0.651. The average molecular weight is 241 g/mol. The Hall–Kier alpha value is -1.41. The van der Waals surface area contributed by atoms with E-state index in [-0.39, 0.29) is 0 Å². The first-order valence-electron chi connectivity index (χ1n) is 6.78. The third kappa shape index (κ3) is 1.81. The smallest absolute Gasteiger partial charge is 0.0922 e. The SMILES string of the molecule is CC1CCCCC1(O)c1ccc2ncccc2c1. The highest BCUT2D eigenvalue weighted by molar-refractivity contribution is 5.79. The molecule has 1 saturated carbocycles. The van der Waals surface area contributed by atoms with E-state index < -0.39 is 5.60 Å². The Kier molecular flexibility index (Phi) is 2.83. The van der Waals surface area contributed by atoms with Crippen LogP contribution in [0, 0.1) is 5.92 Å². The van der Waals surface area contributed by atoms with Crippen LogP contribution < -0.4 is 0 Å². The van der Waals surface area contributed by atoms with Crippen LogP contribution in [0.25, 0.3) is 10.9 Å². The van der Waals surface area contributed by atoms with Gasteiger partial charge < -0.3 is 5.11 Å². The Morgan fingerprint density at radius 1 is 1.28 bits per heavy atom. The predicted octanol–water partition coefficient (Wildman–Crippen LogP) is 3.63. The Morgan fingerprint density at radius 3 is 3.00 bits per heavy atom. The van der Waals surface area contributed by atoms with E-state index >= 15 is 0 Å². The zero-order valence-corrected chi connectivity index (χ0v) is 10.8. The maximum atomic E-state index is 11.0. The van der Waals surface area contributed by atoms with Gasteiger partial charge in [-0.1, -0.05) is 31.9 Å². The first kappa shape index (κ1) is 11.7. The van der Waals surface area contributed by atoms with Crippen molar-refractivity contribution in [2.24, 2.45) is 5.92 Å². The minimum Gasteiger partial charge on any atom is -0.385 e. The van der Waals surface area contributed by atoms with Crippen LogP contribution in [0.15, 0.2) is 36.5 Å². The molecule has 0 saturated heterocycles. The Balaban J connectivity index is 2.07. The molecule has 1 N–H and O–H groups in total. The molecule has 2 aromatic rings. The topological polar surface area (TPSA) is 33.1 Å². The second-order valence-corrected chi connectivity index (χ2v) is 5.48. The number of aliphatic hydroxyl groups is 1. The van der Waals surface area contributed by atoms with E-state index in [0.29, 0.717) is 5.92 Å². The van der Waals surface area contributed by atoms with Crippen LogP contribution in [0.2, 0.25) is 0 Å². The van der Waals surface area contributed by atoms with Gasteiger partial charge in [-0.25, -0.2) is 0 Å². The second kappa shape index (κ2) is 4.36. The molecule has 1 heterocycles. The molecule has 0 amide bonds. The summed E-state index contributed by atoms with van der Waals surface area (Å²) in [6.07, 6.45) is 6.14. The molecule has 2 atom stereocenters. The number of hydrogen-bond donors (Lipinski definition) is 1. The Morgan fingerprint density at radius 2 is 2.17 bits per heavy atom. The standard InChI is InChI=1S/C16H19NO/c1-12-5-2-3-9-16(12,18)14-7-8-15-13(11-14)6-4-10-17-15/h4,6-8,10-12,18H,2-3,5,9H2,1H3. The van der Waals surface area contributed by atoms with E-state index in [1.54, 1.807) is 6.20 Å². The summed E-state index contributed by atoms with van der Waals surface area (Å²) in [5, 5.41) is 12.1. The Bertz CT molecular complexity index is 566. The van der Waals surface area contributed by atoms with Gasteiger partial charge in [0.05, 0.1) is 11.1 Å². The summed E-state index contributed by atoms with van der Waals surface area (Å²) in [6.45, 7) is 2.16. The first-order chi connectivity index (χ1) is 8.70. The lowest BCUT2D eigenvalue weighted by Gasteiger charge is -2.38. The molecule has 0 radical (unpaired) electrons. The summed E-state index contributed by atoms with van der Waals surface area (Å²) in [7, 11) is 0. The van der Waals surface area contributed by atoms with Gasteiger partial charge in [-0.2, -0.15) is 0 Å². The zero-order chi connectivity index (χ0) is 12.6. The molecule has 2 nitrogen and oxygen atoms in total. The van der Waals surface area contributed by atoms with Gasteiger partial charge in [0.25, 0.3) is 0 Å². The molecule has 1 aliphatic rings. The van der Waals surface area contributed by atoms with E-state index in [1.165, 1.54) is 6.42 Å². The molecule has 0 bridgehead atoms. The molecule has 0 spiro atoms. The van der Waals surface area contributed by atoms with Crippen molar-refractivity contribution >= 4 is 10.9 Å². The fourth-order valence-corrected chi connectivity index (χ4v) is 3.10. The molecule has 1 aliphatic carbocycles. The number of hydrogen-bond acceptors (Lipinski definition) is 2. The number of aromatic nitrogens is 1. The van der Waals surface area contributed by atoms with E-state index in [1.807, 2.05) is 18.2 Å². The molecule has 0 aliphatic heterocycles. The van der Waals surface area contributed by atoms with Crippen LogP contribution in [0.5, 0.6) is 0 Å². The minimum absolute atomic E-state index is 0.334. The molecular formula is C16H19NO. The van der Waals surface area contributed by atoms with Gasteiger partial charge >= 0.3 is 0 Å². The molecule has 94 valence electrons. The predicted molar refractivity (Wildman–Crippen MR) is 73.3 cm³/mol. The summed E-state index contributed by atoms with van der Waals surface area (Å²) in [6, 6.07) is 10.2. The summed E-state index contributed by atoms with van der Waals surface area (Å²) in [5.74, 6) is 0.334. The largest absolute Gasteiger partial charge is 0.385 e. The average Bonchev–Trinajstić information content (AvgIpc) is 2.42. The summed E-state index contributed by atoms with van der Waals surface area (Å²) in [4.78, 5) is 4.33. The highest BCUT2D eigenvalue weighted by Gasteiger charge is 2.37. The van der Waals surface area contributed by atoms with Crippen molar-refractivity contribution in [2.45, 2.75) is 38.2 Å². The molecule has 18 heavy (non-hydrogen) atoms. The van der Waals surface area contributed by atoms with Crippen LogP contribution in [-0.2, 0) is 5.60 Å². The highest BCUT2D eigenvalue weighted by atomic mass is 16.3. The van der Waals surface area contributed by atoms with Crippen molar-refractivity contribution in [1.82, 2.24) is 4.98 Å². The van der Waals surface area contributed by atoms with Crippen molar-refractivity contribution < 1.29 is 5.11 Å². The fourth-order valence-electron chi connectivity index (χ4n) is 3.10. The third-order valence-corrected chi connectivity index (χ3v) is 4.36. The lowest BCUT2D eigenvalue weighted by Crippen LogP contribution is -2.36. The molecule has 3 rings (SSSR count). The van der Waals surface area contributed by atoms with Crippen molar-refractivity contribution in [3.8, 4) is 0 Å². The van der Waals surface area contributed by atoms with Crippen molar-refractivity contribution in [3.63, 3.8) is 0 Å². The van der Waals surface area contributed by atoms with Gasteiger partial charge in [-0.05, 0) is 42.5 Å². The van der Waals surface area contributed by atoms with Crippen LogP contribution in [-0.4, -0.2) is 10.1 Å². The van der Waals surface area contributed by atoms with Gasteiger partial charge in [0, 0.05) is 11.6 Å². The number of fused-ring (bicyclic) bond motifs is 1. The van der Waals surface area contributed by atoms with Crippen molar-refractivity contribution in [2.75, 3.05) is 0 Å². The lowest BCUT2D eigenvalue weighted by molar-refractivity contribution is -0.0468. The number of benzene rings is 1. The summed E-state index contributed by atoms with van der Waals surface area (Å²) < 4.78 is 0. The summed E-state index contributed by atoms with van der Waals surface area (Å²) in [5.41, 5.74) is 1.39. The molecule has 1 fully saturated rings. The molecular weight excluding hydrogens is 222 g/mol. The fraction of sp³-hybridized carbons (Fsp3) is 0.438. The monoisotopic (exact) mass is 241 g/mol. The van der Waals surface area contributed by atoms with Gasteiger partial charge in [0.2, 0.25) is 0 Å². The lowest BCUT2D eigenvalue weighted by atomic mass is 9.72. The maximum Gasteiger partial charge on any atom is 0.0922 e. The number of rotatable bonds is 1. The number of pyridine rings is 1. The zero-order valence-electron chi connectivity index (χ0n) is 10.8. The van der Waals surface area contributed by atoms with Crippen LogP contribution in [0.4, 0.5) is 0 Å². The molecule has 2 heteroatoms. The van der Waals surface area contributed by atoms with E-state index in [2.05, 4.69) is 24.0 Å². The second-order valence-electron chi connectivity index (χ2n) is 5.48. The van der Waals surface area contributed by atoms with Gasteiger partial charge in [0.15, 0.2) is 0 Å². The Labute approximate surface area is 108 Å².